The summed E-state index contributed by atoms with van der Waals surface area (Å²) < 4.78 is 12.1. The topological polar surface area (TPSA) is 125 Å². The fourth-order valence-corrected chi connectivity index (χ4v) is 5.21. The zero-order valence-electron chi connectivity index (χ0n) is 20.6. The summed E-state index contributed by atoms with van der Waals surface area (Å²) in [7, 11) is 1.42. The van der Waals surface area contributed by atoms with Crippen LogP contribution < -0.4 is 14.8 Å². The number of ether oxygens (including phenoxy) is 2. The minimum Gasteiger partial charge on any atom is -0.493 e. The number of hydrogen-bond acceptors (Lipinski definition) is 7. The lowest BCUT2D eigenvalue weighted by Gasteiger charge is -2.40. The van der Waals surface area contributed by atoms with Crippen LogP contribution in [-0.2, 0) is 16.1 Å². The van der Waals surface area contributed by atoms with Crippen molar-refractivity contribution in [2.45, 2.75) is 38.1 Å². The van der Waals surface area contributed by atoms with E-state index in [1.54, 1.807) is 24.3 Å². The van der Waals surface area contributed by atoms with Crippen LogP contribution in [0.1, 0.15) is 29.3 Å². The largest absolute Gasteiger partial charge is 0.493 e. The molecule has 0 heterocycles. The first kappa shape index (κ1) is 30.2. The molecule has 3 rings (SSSR count). The van der Waals surface area contributed by atoms with Crippen LogP contribution in [0.5, 0.6) is 11.5 Å². The number of carbonyl (C=O) groups excluding carboxylic acids is 3. The van der Waals surface area contributed by atoms with Crippen molar-refractivity contribution in [3.63, 3.8) is 0 Å². The van der Waals surface area contributed by atoms with Crippen LogP contribution in [0.2, 0.25) is 10.0 Å². The third-order valence-electron chi connectivity index (χ3n) is 6.00. The van der Waals surface area contributed by atoms with Crippen molar-refractivity contribution in [2.75, 3.05) is 20.3 Å². The summed E-state index contributed by atoms with van der Waals surface area (Å²) in [6.07, 6.45) is -0.0745. The third-order valence-corrected chi connectivity index (χ3v) is 7.54. The fraction of sp³-hybridized carbons (Fsp3) is 0.346. The number of hydrogen-bond donors (Lipinski definition) is 3. The molecule has 0 fully saturated rings. The number of nitrogens with one attached hydrogen (secondary N) is 1. The van der Waals surface area contributed by atoms with Gasteiger partial charge in [0.1, 0.15) is 18.5 Å². The summed E-state index contributed by atoms with van der Waals surface area (Å²) in [5, 5.41) is 23.9. The Balaban J connectivity index is 2.01. The SMILES string of the molecule is COc1cc(C=O)cc(I)c1O[C@H]1C=C(C(=O)NCCO)C[C@@H](N(Cc2ccc(Cl)c(Cl)c2)C(C)=O)[C@@H]1O. The predicted molar refractivity (Wildman–Crippen MR) is 151 cm³/mol. The summed E-state index contributed by atoms with van der Waals surface area (Å²) in [6.45, 7) is 1.25. The summed E-state index contributed by atoms with van der Waals surface area (Å²) >= 11 is 14.2. The van der Waals surface area contributed by atoms with E-state index in [-0.39, 0.29) is 49.1 Å². The second-order valence-electron chi connectivity index (χ2n) is 8.56. The van der Waals surface area contributed by atoms with Gasteiger partial charge in [0.25, 0.3) is 0 Å². The van der Waals surface area contributed by atoms with Crippen LogP contribution in [0.15, 0.2) is 42.0 Å². The Kier molecular flexibility index (Phi) is 10.8. The van der Waals surface area contributed by atoms with Crippen molar-refractivity contribution in [3.8, 4) is 11.5 Å². The molecule has 0 saturated carbocycles. The minimum absolute atomic E-state index is 0.0352. The number of aliphatic hydroxyl groups excluding tert-OH is 2. The van der Waals surface area contributed by atoms with Gasteiger partial charge < -0.3 is 29.9 Å². The Morgan fingerprint density at radius 2 is 1.97 bits per heavy atom. The quantitative estimate of drug-likeness (QED) is 0.260. The van der Waals surface area contributed by atoms with Gasteiger partial charge in [0.05, 0.1) is 33.4 Å². The molecule has 0 radical (unpaired) electrons. The molecule has 0 unspecified atom stereocenters. The van der Waals surface area contributed by atoms with Crippen molar-refractivity contribution in [1.82, 2.24) is 10.2 Å². The van der Waals surface area contributed by atoms with Gasteiger partial charge in [-0.2, -0.15) is 0 Å². The highest BCUT2D eigenvalue weighted by molar-refractivity contribution is 14.1. The van der Waals surface area contributed by atoms with Crippen molar-refractivity contribution < 1.29 is 34.1 Å². The van der Waals surface area contributed by atoms with Gasteiger partial charge in [0.2, 0.25) is 11.8 Å². The van der Waals surface area contributed by atoms with Crippen LogP contribution >= 0.6 is 45.8 Å². The molecule has 3 N–H and O–H groups in total. The van der Waals surface area contributed by atoms with Gasteiger partial charge in [-0.1, -0.05) is 29.3 Å². The number of rotatable bonds is 10. The molecule has 204 valence electrons. The lowest BCUT2D eigenvalue weighted by atomic mass is 9.88. The molecule has 1 aliphatic carbocycles. The van der Waals surface area contributed by atoms with E-state index in [9.17, 15) is 19.5 Å². The van der Waals surface area contributed by atoms with Gasteiger partial charge >= 0.3 is 0 Å². The molecular formula is C26H27Cl2IN2O7. The molecule has 1 aliphatic rings. The van der Waals surface area contributed by atoms with Gasteiger partial charge in [0.15, 0.2) is 11.5 Å². The summed E-state index contributed by atoms with van der Waals surface area (Å²) in [5.74, 6) is -0.250. The molecule has 0 bridgehead atoms. The highest BCUT2D eigenvalue weighted by Gasteiger charge is 2.40. The maximum atomic E-state index is 12.9. The minimum atomic E-state index is -1.23. The Morgan fingerprint density at radius 1 is 1.24 bits per heavy atom. The zero-order valence-corrected chi connectivity index (χ0v) is 24.3. The number of carbonyl (C=O) groups is 3. The Labute approximate surface area is 243 Å². The molecule has 0 aromatic heterocycles. The molecule has 2 aromatic carbocycles. The normalized spacial score (nSPS) is 18.8. The summed E-state index contributed by atoms with van der Waals surface area (Å²) in [4.78, 5) is 38.4. The van der Waals surface area contributed by atoms with E-state index in [2.05, 4.69) is 5.32 Å². The Bertz CT molecular complexity index is 1240. The molecule has 2 amide bonds. The average Bonchev–Trinajstić information content (AvgIpc) is 2.89. The van der Waals surface area contributed by atoms with E-state index in [0.717, 1.165) is 0 Å². The van der Waals surface area contributed by atoms with E-state index in [4.69, 9.17) is 37.8 Å². The van der Waals surface area contributed by atoms with Gasteiger partial charge in [-0.3, -0.25) is 14.4 Å². The number of aliphatic hydroxyl groups is 2. The van der Waals surface area contributed by atoms with Crippen LogP contribution in [0.25, 0.3) is 0 Å². The molecule has 2 aromatic rings. The van der Waals surface area contributed by atoms with Crippen LogP contribution in [0.4, 0.5) is 0 Å². The molecule has 0 spiro atoms. The number of benzene rings is 2. The lowest BCUT2D eigenvalue weighted by molar-refractivity contribution is -0.137. The highest BCUT2D eigenvalue weighted by atomic mass is 127. The Morgan fingerprint density at radius 3 is 2.58 bits per heavy atom. The monoisotopic (exact) mass is 676 g/mol. The van der Waals surface area contributed by atoms with Gasteiger partial charge in [-0.05, 0) is 58.5 Å². The molecule has 12 heteroatoms. The van der Waals surface area contributed by atoms with Gasteiger partial charge in [-0.15, -0.1) is 0 Å². The standard InChI is InChI=1S/C26H27Cl2IN2O7/c1-14(34)31(12-15-3-4-18(27)19(28)7-15)21-10-17(26(36)30-5-6-32)11-22(24(21)35)38-25-20(29)8-16(13-33)9-23(25)37-2/h3-4,7-9,11,13,21-22,24,32,35H,5-6,10,12H2,1-2H3,(H,30,36)/t21-,22+,24+/m1/s1. The number of methoxy groups -OCH3 is 1. The van der Waals surface area contributed by atoms with E-state index in [1.165, 1.54) is 31.1 Å². The Hall–Kier alpha value is -2.38. The van der Waals surface area contributed by atoms with E-state index in [0.29, 0.717) is 31.0 Å². The number of nitrogens with zero attached hydrogens (tertiary/aromatic N) is 1. The second-order valence-corrected chi connectivity index (χ2v) is 10.5. The summed E-state index contributed by atoms with van der Waals surface area (Å²) in [5.41, 5.74) is 1.34. The maximum Gasteiger partial charge on any atom is 0.247 e. The second kappa shape index (κ2) is 13.6. The van der Waals surface area contributed by atoms with Crippen molar-refractivity contribution in [3.05, 3.63) is 66.7 Å². The lowest BCUT2D eigenvalue weighted by Crippen LogP contribution is -2.54. The average molecular weight is 677 g/mol. The first-order chi connectivity index (χ1) is 18.1. The third kappa shape index (κ3) is 7.17. The maximum absolute atomic E-state index is 12.9. The van der Waals surface area contributed by atoms with Crippen LogP contribution in [0, 0.1) is 3.57 Å². The van der Waals surface area contributed by atoms with Crippen LogP contribution in [-0.4, -0.2) is 71.7 Å². The molecule has 3 atom stereocenters. The number of amides is 2. The molecule has 0 aliphatic heterocycles. The van der Waals surface area contributed by atoms with Gasteiger partial charge in [0, 0.05) is 37.6 Å². The predicted octanol–water partition coefficient (Wildman–Crippen LogP) is 3.38. The molecular weight excluding hydrogens is 650 g/mol. The number of halogens is 3. The molecule has 38 heavy (non-hydrogen) atoms. The van der Waals surface area contributed by atoms with Crippen LogP contribution in [0.3, 0.4) is 0 Å². The van der Waals surface area contributed by atoms with Crippen molar-refractivity contribution in [1.29, 1.82) is 0 Å². The molecule has 9 nitrogen and oxygen atoms in total. The number of aldehydes is 1. The van der Waals surface area contributed by atoms with E-state index in [1.807, 2.05) is 22.6 Å². The van der Waals surface area contributed by atoms with Crippen molar-refractivity contribution in [2.24, 2.45) is 0 Å². The van der Waals surface area contributed by atoms with Crippen molar-refractivity contribution >= 4 is 63.9 Å². The van der Waals surface area contributed by atoms with Gasteiger partial charge in [-0.25, -0.2) is 0 Å². The smallest absolute Gasteiger partial charge is 0.247 e. The summed E-state index contributed by atoms with van der Waals surface area (Å²) in [6, 6.07) is 7.23. The first-order valence-corrected chi connectivity index (χ1v) is 13.4. The zero-order chi connectivity index (χ0) is 28.0. The van der Waals surface area contributed by atoms with E-state index < -0.39 is 24.2 Å². The highest BCUT2D eigenvalue weighted by Crippen LogP contribution is 2.37. The first-order valence-electron chi connectivity index (χ1n) is 11.6. The van der Waals surface area contributed by atoms with E-state index >= 15 is 0 Å². The molecule has 0 saturated heterocycles. The fourth-order valence-electron chi connectivity index (χ4n) is 4.13.